The summed E-state index contributed by atoms with van der Waals surface area (Å²) < 4.78 is 0. The fourth-order valence-electron chi connectivity index (χ4n) is 1.74. The summed E-state index contributed by atoms with van der Waals surface area (Å²) in [5, 5.41) is 0. The van der Waals surface area contributed by atoms with Gasteiger partial charge in [-0.3, -0.25) is 0 Å². The molecule has 0 fully saturated rings. The maximum atomic E-state index is 2.25. The molecule has 0 saturated carbocycles. The van der Waals surface area contributed by atoms with Crippen molar-refractivity contribution in [3.63, 3.8) is 0 Å². The van der Waals surface area contributed by atoms with Crippen molar-refractivity contribution in [2.45, 2.75) is 32.6 Å². The van der Waals surface area contributed by atoms with E-state index in [0.717, 1.165) is 5.92 Å². The van der Waals surface area contributed by atoms with E-state index in [0.29, 0.717) is 0 Å². The summed E-state index contributed by atoms with van der Waals surface area (Å²) in [5.74, 6) is 0.787. The van der Waals surface area contributed by atoms with Crippen molar-refractivity contribution < 1.29 is 17.1 Å². The van der Waals surface area contributed by atoms with Crippen molar-refractivity contribution in [1.82, 2.24) is 0 Å². The third-order valence-corrected chi connectivity index (χ3v) is 2.70. The zero-order valence-corrected chi connectivity index (χ0v) is 11.1. The summed E-state index contributed by atoms with van der Waals surface area (Å²) in [6, 6.07) is 18.7. The van der Waals surface area contributed by atoms with Gasteiger partial charge in [-0.05, 0) is 0 Å². The SMILES string of the molecule is CCC(CC)[c-]1cccc1.[Fe].[cH-]1[cH-][cH-][cH-][cH-]1. The molecule has 2 aromatic rings. The standard InChI is InChI=1S/C10H15.C5H5.Fe/c1-3-9(4-2)10-7-5-6-8-10;1-2-4-5-3-1;/h5-9H,3-4H2,1-2H3;1-5H;/q-1;-5;. The predicted octanol–water partition coefficient (Wildman–Crippen LogP) is 4.71. The van der Waals surface area contributed by atoms with E-state index in [1.54, 1.807) is 0 Å². The quantitative estimate of drug-likeness (QED) is 0.551. The van der Waals surface area contributed by atoms with Gasteiger partial charge in [0.15, 0.2) is 0 Å². The Kier molecular flexibility index (Phi) is 8.99. The molecule has 0 aliphatic carbocycles. The van der Waals surface area contributed by atoms with Crippen LogP contribution in [0.5, 0.6) is 0 Å². The average Bonchev–Trinajstić information content (AvgIpc) is 2.96. The van der Waals surface area contributed by atoms with Crippen LogP contribution in [0, 0.1) is 0 Å². The van der Waals surface area contributed by atoms with Crippen LogP contribution in [0.25, 0.3) is 0 Å². The van der Waals surface area contributed by atoms with Crippen LogP contribution in [0.4, 0.5) is 0 Å². The van der Waals surface area contributed by atoms with Crippen LogP contribution in [0.3, 0.4) is 0 Å². The molecule has 0 nitrogen and oxygen atoms in total. The van der Waals surface area contributed by atoms with Gasteiger partial charge in [-0.25, -0.2) is 12.1 Å². The second kappa shape index (κ2) is 9.45. The van der Waals surface area contributed by atoms with Gasteiger partial charge >= 0.3 is 0 Å². The fraction of sp³-hybridized carbons (Fsp3) is 0.333. The van der Waals surface area contributed by atoms with Gasteiger partial charge in [0.25, 0.3) is 0 Å². The Labute approximate surface area is 110 Å². The monoisotopic (exact) mass is 256 g/mol. The van der Waals surface area contributed by atoms with Crippen molar-refractivity contribution >= 4 is 0 Å². The number of rotatable bonds is 3. The Balaban J connectivity index is 0.000000318. The Morgan fingerprint density at radius 1 is 0.875 bits per heavy atom. The first-order chi connectivity index (χ1) is 7.38. The maximum Gasteiger partial charge on any atom is 0 e. The fourth-order valence-corrected chi connectivity index (χ4v) is 1.74. The summed E-state index contributed by atoms with van der Waals surface area (Å²) in [6.45, 7) is 4.50. The Hall–Kier alpha value is -0.781. The second-order valence-electron chi connectivity index (χ2n) is 3.69. The van der Waals surface area contributed by atoms with Crippen LogP contribution >= 0.6 is 0 Å². The molecule has 0 radical (unpaired) electrons. The molecule has 0 bridgehead atoms. The minimum absolute atomic E-state index is 0. The summed E-state index contributed by atoms with van der Waals surface area (Å²) >= 11 is 0. The third kappa shape index (κ3) is 5.34. The molecule has 0 aromatic heterocycles. The van der Waals surface area contributed by atoms with E-state index in [1.165, 1.54) is 18.4 Å². The van der Waals surface area contributed by atoms with Gasteiger partial charge in [0, 0.05) is 17.1 Å². The number of hydrogen-bond donors (Lipinski definition) is 0. The average molecular weight is 256 g/mol. The topological polar surface area (TPSA) is 0 Å². The van der Waals surface area contributed by atoms with Gasteiger partial charge in [-0.15, -0.1) is 0 Å². The molecular weight excluding hydrogens is 236 g/mol. The van der Waals surface area contributed by atoms with Gasteiger partial charge in [0.05, 0.1) is 0 Å². The summed E-state index contributed by atoms with van der Waals surface area (Å²) in [5.41, 5.74) is 1.50. The minimum atomic E-state index is 0. The summed E-state index contributed by atoms with van der Waals surface area (Å²) in [7, 11) is 0. The van der Waals surface area contributed by atoms with E-state index < -0.39 is 0 Å². The largest absolute Gasteiger partial charge is 0.748 e. The first-order valence-corrected chi connectivity index (χ1v) is 5.76. The molecule has 0 amide bonds. The molecule has 0 saturated heterocycles. The normalized spacial score (nSPS) is 9.19. The molecule has 0 N–H and O–H groups in total. The molecule has 0 spiro atoms. The van der Waals surface area contributed by atoms with Gasteiger partial charge in [0.2, 0.25) is 0 Å². The van der Waals surface area contributed by atoms with Crippen LogP contribution in [0.15, 0.2) is 54.6 Å². The van der Waals surface area contributed by atoms with E-state index in [2.05, 4.69) is 38.1 Å². The summed E-state index contributed by atoms with van der Waals surface area (Å²) in [4.78, 5) is 0. The van der Waals surface area contributed by atoms with Crippen molar-refractivity contribution in [3.8, 4) is 0 Å². The molecule has 0 aliphatic heterocycles. The zero-order chi connectivity index (χ0) is 10.9. The van der Waals surface area contributed by atoms with Gasteiger partial charge in [-0.2, -0.15) is 17.7 Å². The Morgan fingerprint density at radius 3 is 1.56 bits per heavy atom. The van der Waals surface area contributed by atoms with Crippen LogP contribution in [0.2, 0.25) is 0 Å². The third-order valence-electron chi connectivity index (χ3n) is 2.70. The molecule has 0 heterocycles. The van der Waals surface area contributed by atoms with E-state index in [1.807, 2.05) is 30.3 Å². The van der Waals surface area contributed by atoms with E-state index in [4.69, 9.17) is 0 Å². The molecular formula is C15H20Fe-6. The molecule has 0 aliphatic rings. The maximum absolute atomic E-state index is 2.25. The van der Waals surface area contributed by atoms with Crippen LogP contribution in [-0.4, -0.2) is 0 Å². The molecule has 2 aromatic carbocycles. The summed E-state index contributed by atoms with van der Waals surface area (Å²) in [6.07, 6.45) is 2.53. The molecule has 2 rings (SSSR count). The van der Waals surface area contributed by atoms with Gasteiger partial charge in [-0.1, -0.05) is 32.6 Å². The molecule has 16 heavy (non-hydrogen) atoms. The van der Waals surface area contributed by atoms with E-state index in [-0.39, 0.29) is 17.1 Å². The van der Waals surface area contributed by atoms with Crippen molar-refractivity contribution in [2.24, 2.45) is 0 Å². The minimum Gasteiger partial charge on any atom is -0.748 e. The number of hydrogen-bond acceptors (Lipinski definition) is 0. The molecule has 94 valence electrons. The first-order valence-electron chi connectivity index (χ1n) is 5.76. The molecule has 1 heteroatoms. The van der Waals surface area contributed by atoms with Gasteiger partial charge in [0.1, 0.15) is 0 Å². The smallest absolute Gasteiger partial charge is 0 e. The Morgan fingerprint density at radius 2 is 1.25 bits per heavy atom. The second-order valence-corrected chi connectivity index (χ2v) is 3.69. The van der Waals surface area contributed by atoms with Crippen LogP contribution < -0.4 is 0 Å². The van der Waals surface area contributed by atoms with Crippen LogP contribution in [0.1, 0.15) is 38.2 Å². The van der Waals surface area contributed by atoms with E-state index in [9.17, 15) is 0 Å². The van der Waals surface area contributed by atoms with Crippen molar-refractivity contribution in [2.75, 3.05) is 0 Å². The van der Waals surface area contributed by atoms with E-state index >= 15 is 0 Å². The van der Waals surface area contributed by atoms with Crippen molar-refractivity contribution in [3.05, 3.63) is 60.2 Å². The van der Waals surface area contributed by atoms with Crippen LogP contribution in [-0.2, 0) is 17.1 Å². The Bertz CT molecular complexity index is 284. The molecule has 0 atom stereocenters. The first kappa shape index (κ1) is 15.2. The van der Waals surface area contributed by atoms with Gasteiger partial charge < -0.3 is 30.3 Å². The van der Waals surface area contributed by atoms with Crippen molar-refractivity contribution in [1.29, 1.82) is 0 Å². The predicted molar refractivity (Wildman–Crippen MR) is 67.4 cm³/mol. The zero-order valence-electron chi connectivity index (χ0n) is 10.0. The molecule has 0 unspecified atom stereocenters.